The number of nitrogens with one attached hydrogen (secondary N) is 1. The molecule has 2 saturated carbocycles. The van der Waals surface area contributed by atoms with Gasteiger partial charge >= 0.3 is 6.09 Å². The Morgan fingerprint density at radius 3 is 2.40 bits per heavy atom. The highest BCUT2D eigenvalue weighted by molar-refractivity contribution is 5.69. The molecule has 4 nitrogen and oxygen atoms in total. The Bertz CT molecular complexity index is 370. The lowest BCUT2D eigenvalue weighted by molar-refractivity contribution is -0.0716. The Labute approximate surface area is 122 Å². The largest absolute Gasteiger partial charge is 0.444 e. The molecule has 20 heavy (non-hydrogen) atoms. The third-order valence-electron chi connectivity index (χ3n) is 5.18. The van der Waals surface area contributed by atoms with Gasteiger partial charge in [0.1, 0.15) is 5.60 Å². The lowest BCUT2D eigenvalue weighted by Crippen LogP contribution is -2.59. The predicted octanol–water partition coefficient (Wildman–Crippen LogP) is 2.92. The van der Waals surface area contributed by atoms with Crippen LogP contribution in [0.15, 0.2) is 0 Å². The molecule has 114 valence electrons. The van der Waals surface area contributed by atoms with Crippen molar-refractivity contribution in [2.24, 2.45) is 5.41 Å². The molecule has 0 aromatic rings. The van der Waals surface area contributed by atoms with E-state index in [4.69, 9.17) is 4.74 Å². The molecule has 1 spiro atoms. The number of nitrogens with zero attached hydrogens (tertiary/aromatic N) is 1. The standard InChI is InChI=1S/C16H28N2O2/c1-15(2,3)20-14(19)18(12-5-8-17-11-12)13-9-16(10-13)6-4-7-16/h12-13,17H,4-11H2,1-3H3. The molecular weight excluding hydrogens is 252 g/mol. The summed E-state index contributed by atoms with van der Waals surface area (Å²) in [6.45, 7) is 7.78. The molecule has 0 aromatic heterocycles. The lowest BCUT2D eigenvalue weighted by atomic mass is 9.53. The van der Waals surface area contributed by atoms with Gasteiger partial charge in [0.15, 0.2) is 0 Å². The highest BCUT2D eigenvalue weighted by atomic mass is 16.6. The number of carbonyl (C=O) groups is 1. The first kappa shape index (κ1) is 14.2. The highest BCUT2D eigenvalue weighted by Crippen LogP contribution is 2.57. The number of hydrogen-bond acceptors (Lipinski definition) is 3. The van der Waals surface area contributed by atoms with Crippen LogP contribution in [-0.2, 0) is 4.74 Å². The number of amides is 1. The Morgan fingerprint density at radius 2 is 1.95 bits per heavy atom. The van der Waals surface area contributed by atoms with Crippen molar-refractivity contribution in [2.75, 3.05) is 13.1 Å². The normalized spacial score (nSPS) is 28.9. The van der Waals surface area contributed by atoms with Crippen LogP contribution in [0.2, 0.25) is 0 Å². The topological polar surface area (TPSA) is 41.6 Å². The highest BCUT2D eigenvalue weighted by Gasteiger charge is 2.52. The van der Waals surface area contributed by atoms with Gasteiger partial charge in [-0.05, 0) is 64.8 Å². The Kier molecular flexibility index (Phi) is 3.47. The molecule has 4 heteroatoms. The fourth-order valence-electron chi connectivity index (χ4n) is 4.01. The van der Waals surface area contributed by atoms with Crippen LogP contribution in [0.4, 0.5) is 4.79 Å². The second-order valence-corrected chi connectivity index (χ2v) is 7.95. The van der Waals surface area contributed by atoms with Gasteiger partial charge in [0, 0.05) is 18.6 Å². The second kappa shape index (κ2) is 4.90. The lowest BCUT2D eigenvalue weighted by Gasteiger charge is -2.57. The molecule has 1 amide bonds. The second-order valence-electron chi connectivity index (χ2n) is 7.95. The summed E-state index contributed by atoms with van der Waals surface area (Å²) in [5.74, 6) is 0. The first-order chi connectivity index (χ1) is 9.39. The zero-order chi connectivity index (χ0) is 14.4. The van der Waals surface area contributed by atoms with Gasteiger partial charge < -0.3 is 15.0 Å². The van der Waals surface area contributed by atoms with E-state index in [9.17, 15) is 4.79 Å². The van der Waals surface area contributed by atoms with Gasteiger partial charge in [-0.3, -0.25) is 0 Å². The van der Waals surface area contributed by atoms with Crippen LogP contribution >= 0.6 is 0 Å². The van der Waals surface area contributed by atoms with Crippen LogP contribution in [0, 0.1) is 5.41 Å². The maximum atomic E-state index is 12.6. The summed E-state index contributed by atoms with van der Waals surface area (Å²) in [5.41, 5.74) is 0.191. The van der Waals surface area contributed by atoms with E-state index in [0.717, 1.165) is 19.5 Å². The Morgan fingerprint density at radius 1 is 1.25 bits per heavy atom. The first-order valence-electron chi connectivity index (χ1n) is 8.11. The average Bonchev–Trinajstić information content (AvgIpc) is 2.69. The van der Waals surface area contributed by atoms with Crippen molar-refractivity contribution >= 4 is 6.09 Å². The van der Waals surface area contributed by atoms with E-state index in [1.807, 2.05) is 20.8 Å². The van der Waals surface area contributed by atoms with E-state index in [0.29, 0.717) is 17.5 Å². The van der Waals surface area contributed by atoms with Crippen molar-refractivity contribution in [3.05, 3.63) is 0 Å². The van der Waals surface area contributed by atoms with Crippen molar-refractivity contribution < 1.29 is 9.53 Å². The molecule has 1 N–H and O–H groups in total. The van der Waals surface area contributed by atoms with E-state index in [2.05, 4.69) is 10.2 Å². The van der Waals surface area contributed by atoms with Crippen molar-refractivity contribution in [1.29, 1.82) is 0 Å². The fourth-order valence-corrected chi connectivity index (χ4v) is 4.01. The van der Waals surface area contributed by atoms with E-state index < -0.39 is 5.60 Å². The number of rotatable bonds is 2. The summed E-state index contributed by atoms with van der Waals surface area (Å²) in [4.78, 5) is 14.6. The molecule has 1 unspecified atom stereocenters. The SMILES string of the molecule is CC(C)(C)OC(=O)N(C1CCNC1)C1CC2(CCC2)C1. The molecule has 3 fully saturated rings. The van der Waals surface area contributed by atoms with Crippen molar-refractivity contribution in [2.45, 2.75) is 77.0 Å². The minimum absolute atomic E-state index is 0.106. The Balaban J connectivity index is 1.66. The maximum absolute atomic E-state index is 12.6. The summed E-state index contributed by atoms with van der Waals surface area (Å²) < 4.78 is 5.65. The maximum Gasteiger partial charge on any atom is 0.410 e. The van der Waals surface area contributed by atoms with Crippen molar-refractivity contribution in [3.8, 4) is 0 Å². The van der Waals surface area contributed by atoms with Crippen LogP contribution in [-0.4, -0.2) is 41.8 Å². The molecule has 0 bridgehead atoms. The predicted molar refractivity (Wildman–Crippen MR) is 78.7 cm³/mol. The summed E-state index contributed by atoms with van der Waals surface area (Å²) in [6, 6.07) is 0.738. The molecule has 1 aliphatic heterocycles. The van der Waals surface area contributed by atoms with E-state index in [1.54, 1.807) is 0 Å². The van der Waals surface area contributed by atoms with Crippen LogP contribution in [0.5, 0.6) is 0 Å². The van der Waals surface area contributed by atoms with Gasteiger partial charge in [0.2, 0.25) is 0 Å². The van der Waals surface area contributed by atoms with Gasteiger partial charge in [-0.2, -0.15) is 0 Å². The van der Waals surface area contributed by atoms with Gasteiger partial charge in [-0.25, -0.2) is 4.79 Å². The fraction of sp³-hybridized carbons (Fsp3) is 0.938. The first-order valence-corrected chi connectivity index (χ1v) is 8.11. The van der Waals surface area contributed by atoms with Crippen LogP contribution in [0.1, 0.15) is 59.3 Å². The third-order valence-corrected chi connectivity index (χ3v) is 5.18. The zero-order valence-electron chi connectivity index (χ0n) is 13.1. The minimum atomic E-state index is -0.404. The third kappa shape index (κ3) is 2.67. The number of ether oxygens (including phenoxy) is 1. The summed E-state index contributed by atoms with van der Waals surface area (Å²) >= 11 is 0. The van der Waals surface area contributed by atoms with Crippen molar-refractivity contribution in [3.63, 3.8) is 0 Å². The van der Waals surface area contributed by atoms with Gasteiger partial charge in [-0.1, -0.05) is 6.42 Å². The van der Waals surface area contributed by atoms with Gasteiger partial charge in [-0.15, -0.1) is 0 Å². The zero-order valence-corrected chi connectivity index (χ0v) is 13.1. The number of carbonyl (C=O) groups excluding carboxylic acids is 1. The van der Waals surface area contributed by atoms with Crippen LogP contribution < -0.4 is 5.32 Å². The van der Waals surface area contributed by atoms with Crippen LogP contribution in [0.3, 0.4) is 0 Å². The van der Waals surface area contributed by atoms with E-state index >= 15 is 0 Å². The molecule has 0 aromatic carbocycles. The van der Waals surface area contributed by atoms with Gasteiger partial charge in [0.05, 0.1) is 0 Å². The van der Waals surface area contributed by atoms with E-state index in [-0.39, 0.29) is 6.09 Å². The molecule has 3 rings (SSSR count). The minimum Gasteiger partial charge on any atom is -0.444 e. The molecule has 1 saturated heterocycles. The van der Waals surface area contributed by atoms with E-state index in [1.165, 1.54) is 32.1 Å². The Hall–Kier alpha value is -0.770. The molecule has 2 aliphatic carbocycles. The molecule has 1 heterocycles. The summed E-state index contributed by atoms with van der Waals surface area (Å²) in [6.07, 6.45) is 7.46. The number of hydrogen-bond donors (Lipinski definition) is 1. The summed E-state index contributed by atoms with van der Waals surface area (Å²) in [5, 5.41) is 3.37. The molecule has 1 atom stereocenters. The van der Waals surface area contributed by atoms with Gasteiger partial charge in [0.25, 0.3) is 0 Å². The molecule has 3 aliphatic rings. The quantitative estimate of drug-likeness (QED) is 0.845. The smallest absolute Gasteiger partial charge is 0.410 e. The van der Waals surface area contributed by atoms with Crippen LogP contribution in [0.25, 0.3) is 0 Å². The summed E-state index contributed by atoms with van der Waals surface area (Å²) in [7, 11) is 0. The monoisotopic (exact) mass is 280 g/mol. The molecular formula is C16H28N2O2. The van der Waals surface area contributed by atoms with Crippen molar-refractivity contribution in [1.82, 2.24) is 10.2 Å². The molecule has 0 radical (unpaired) electrons. The average molecular weight is 280 g/mol.